The molecule has 0 unspecified atom stereocenters. The van der Waals surface area contributed by atoms with Crippen LogP contribution in [0.3, 0.4) is 0 Å². The van der Waals surface area contributed by atoms with E-state index in [1.807, 2.05) is 0 Å². The number of hydrogen-bond donors (Lipinski definition) is 3. The van der Waals surface area contributed by atoms with Crippen molar-refractivity contribution in [2.45, 2.75) is 32.5 Å². The van der Waals surface area contributed by atoms with Crippen LogP contribution in [0, 0.1) is 6.92 Å². The molecule has 0 bridgehead atoms. The van der Waals surface area contributed by atoms with Crippen molar-refractivity contribution in [1.29, 1.82) is 0 Å². The van der Waals surface area contributed by atoms with Crippen LogP contribution in [0.1, 0.15) is 56.4 Å². The SMILES string of the molecule is Cc1ccc(NC(=O)c2cc([C@@H](C)NC(=O)c3ncnc4c3CC(=O)N4)no2)cc1C(F)(F)F. The number of carbonyl (C=O) groups is 3. The molecule has 34 heavy (non-hydrogen) atoms. The lowest BCUT2D eigenvalue weighted by atomic mass is 10.1. The Kier molecular flexibility index (Phi) is 5.77. The van der Waals surface area contributed by atoms with Crippen LogP contribution >= 0.6 is 0 Å². The average molecular weight is 474 g/mol. The van der Waals surface area contributed by atoms with Crippen molar-refractivity contribution in [2.75, 3.05) is 10.6 Å². The Bertz CT molecular complexity index is 1300. The molecule has 0 spiro atoms. The molecular weight excluding hydrogens is 457 g/mol. The molecule has 0 saturated heterocycles. The zero-order valence-electron chi connectivity index (χ0n) is 17.8. The molecule has 0 radical (unpaired) electrons. The van der Waals surface area contributed by atoms with E-state index in [0.717, 1.165) is 12.4 Å². The van der Waals surface area contributed by atoms with Crippen molar-refractivity contribution in [2.24, 2.45) is 0 Å². The minimum Gasteiger partial charge on any atom is -0.351 e. The first-order valence-corrected chi connectivity index (χ1v) is 9.93. The summed E-state index contributed by atoms with van der Waals surface area (Å²) in [7, 11) is 0. The fraction of sp³-hybridized carbons (Fsp3) is 0.238. The first kappa shape index (κ1) is 22.9. The lowest BCUT2D eigenvalue weighted by molar-refractivity contribution is -0.138. The van der Waals surface area contributed by atoms with Gasteiger partial charge in [0.15, 0.2) is 0 Å². The van der Waals surface area contributed by atoms with E-state index in [4.69, 9.17) is 4.52 Å². The molecule has 3 N–H and O–H groups in total. The number of rotatable bonds is 5. The molecule has 2 aromatic heterocycles. The lowest BCUT2D eigenvalue weighted by Gasteiger charge is -2.12. The number of amides is 3. The van der Waals surface area contributed by atoms with Gasteiger partial charge in [-0.25, -0.2) is 9.97 Å². The van der Waals surface area contributed by atoms with Gasteiger partial charge in [-0.1, -0.05) is 11.2 Å². The van der Waals surface area contributed by atoms with Crippen LogP contribution in [0.2, 0.25) is 0 Å². The van der Waals surface area contributed by atoms with Gasteiger partial charge in [0.2, 0.25) is 11.7 Å². The van der Waals surface area contributed by atoms with Crippen LogP contribution in [0.4, 0.5) is 24.7 Å². The summed E-state index contributed by atoms with van der Waals surface area (Å²) in [6.45, 7) is 2.90. The lowest BCUT2D eigenvalue weighted by Crippen LogP contribution is -2.28. The Morgan fingerprint density at radius 1 is 1.18 bits per heavy atom. The molecule has 10 nitrogen and oxygen atoms in total. The molecule has 1 aromatic carbocycles. The highest BCUT2D eigenvalue weighted by molar-refractivity contribution is 6.04. The molecule has 1 aliphatic rings. The van der Waals surface area contributed by atoms with Gasteiger partial charge < -0.3 is 20.5 Å². The van der Waals surface area contributed by atoms with Gasteiger partial charge in [-0.3, -0.25) is 14.4 Å². The fourth-order valence-electron chi connectivity index (χ4n) is 3.36. The maximum atomic E-state index is 13.1. The smallest absolute Gasteiger partial charge is 0.351 e. The number of carbonyl (C=O) groups excluding carboxylic acids is 3. The Morgan fingerprint density at radius 3 is 2.68 bits per heavy atom. The van der Waals surface area contributed by atoms with Crippen LogP contribution in [0.15, 0.2) is 35.1 Å². The highest BCUT2D eigenvalue weighted by Gasteiger charge is 2.33. The standard InChI is InChI=1S/C21H17F3N6O4/c1-9-3-4-11(5-13(9)21(22,23)24)28-19(32)15-7-14(30-34-15)10(2)27-20(33)17-12-6-16(31)29-18(12)26-8-25-17/h3-5,7-8,10H,6H2,1-2H3,(H,27,33)(H,28,32)(H,25,26,29,31)/t10-/m1/s1. The monoisotopic (exact) mass is 474 g/mol. The number of aryl methyl sites for hydroxylation is 1. The highest BCUT2D eigenvalue weighted by Crippen LogP contribution is 2.33. The third kappa shape index (κ3) is 4.58. The van der Waals surface area contributed by atoms with Crippen molar-refractivity contribution < 1.29 is 32.1 Å². The summed E-state index contributed by atoms with van der Waals surface area (Å²) in [5.41, 5.74) is -0.328. The van der Waals surface area contributed by atoms with Gasteiger partial charge in [-0.05, 0) is 31.5 Å². The Labute approximate surface area is 189 Å². The van der Waals surface area contributed by atoms with E-state index in [2.05, 4.69) is 31.1 Å². The maximum Gasteiger partial charge on any atom is 0.416 e. The number of fused-ring (bicyclic) bond motifs is 1. The van der Waals surface area contributed by atoms with Gasteiger partial charge in [0.05, 0.1) is 18.0 Å². The number of halogens is 3. The maximum absolute atomic E-state index is 13.1. The van der Waals surface area contributed by atoms with E-state index >= 15 is 0 Å². The molecule has 176 valence electrons. The Balaban J connectivity index is 1.44. The quantitative estimate of drug-likeness (QED) is 0.517. The summed E-state index contributed by atoms with van der Waals surface area (Å²) in [4.78, 5) is 44.5. The van der Waals surface area contributed by atoms with Crippen LogP contribution in [0.5, 0.6) is 0 Å². The minimum absolute atomic E-state index is 0.0199. The third-order valence-electron chi connectivity index (χ3n) is 5.10. The zero-order valence-corrected chi connectivity index (χ0v) is 17.8. The number of nitrogens with one attached hydrogen (secondary N) is 3. The van der Waals surface area contributed by atoms with Gasteiger partial charge in [0.1, 0.15) is 23.5 Å². The van der Waals surface area contributed by atoms with Gasteiger partial charge in [0, 0.05) is 17.3 Å². The van der Waals surface area contributed by atoms with Gasteiger partial charge >= 0.3 is 6.18 Å². The van der Waals surface area contributed by atoms with Gasteiger partial charge in [0.25, 0.3) is 11.8 Å². The second kappa shape index (κ2) is 8.57. The molecular formula is C21H17F3N6O4. The molecule has 3 amide bonds. The first-order chi connectivity index (χ1) is 16.0. The summed E-state index contributed by atoms with van der Waals surface area (Å²) in [5, 5.41) is 11.3. The average Bonchev–Trinajstić information content (AvgIpc) is 3.40. The van der Waals surface area contributed by atoms with Crippen molar-refractivity contribution >= 4 is 29.2 Å². The normalized spacial score (nSPS) is 13.7. The molecule has 13 heteroatoms. The number of nitrogens with zero attached hydrogens (tertiary/aromatic N) is 3. The van der Waals surface area contributed by atoms with E-state index in [1.165, 1.54) is 25.1 Å². The van der Waals surface area contributed by atoms with E-state index in [0.29, 0.717) is 5.56 Å². The van der Waals surface area contributed by atoms with Crippen LogP contribution in [0.25, 0.3) is 0 Å². The number of alkyl halides is 3. The summed E-state index contributed by atoms with van der Waals surface area (Å²) < 4.78 is 44.3. The van der Waals surface area contributed by atoms with E-state index in [9.17, 15) is 27.6 Å². The van der Waals surface area contributed by atoms with Crippen LogP contribution < -0.4 is 16.0 Å². The molecule has 3 heterocycles. The van der Waals surface area contributed by atoms with Crippen LogP contribution in [-0.2, 0) is 17.4 Å². The number of hydrogen-bond acceptors (Lipinski definition) is 7. The predicted molar refractivity (Wildman–Crippen MR) is 111 cm³/mol. The molecule has 0 saturated carbocycles. The predicted octanol–water partition coefficient (Wildman–Crippen LogP) is 3.03. The van der Waals surface area contributed by atoms with Crippen molar-refractivity contribution in [3.05, 3.63) is 64.4 Å². The Hall–Kier alpha value is -4.29. The van der Waals surface area contributed by atoms with Gasteiger partial charge in [-0.2, -0.15) is 13.2 Å². The first-order valence-electron chi connectivity index (χ1n) is 9.93. The molecule has 1 atom stereocenters. The third-order valence-corrected chi connectivity index (χ3v) is 5.10. The summed E-state index contributed by atoms with van der Waals surface area (Å²) in [6, 6.07) is 3.95. The number of benzene rings is 1. The largest absolute Gasteiger partial charge is 0.416 e. The zero-order chi connectivity index (χ0) is 24.6. The summed E-state index contributed by atoms with van der Waals surface area (Å²) in [6.07, 6.45) is -3.44. The van der Waals surface area contributed by atoms with Crippen molar-refractivity contribution in [3.63, 3.8) is 0 Å². The van der Waals surface area contributed by atoms with Crippen molar-refractivity contribution in [3.8, 4) is 0 Å². The fourth-order valence-corrected chi connectivity index (χ4v) is 3.36. The van der Waals surface area contributed by atoms with E-state index in [1.54, 1.807) is 6.92 Å². The van der Waals surface area contributed by atoms with Crippen LogP contribution in [-0.4, -0.2) is 32.8 Å². The molecule has 4 rings (SSSR count). The topological polar surface area (TPSA) is 139 Å². The van der Waals surface area contributed by atoms with E-state index in [-0.39, 0.29) is 46.5 Å². The van der Waals surface area contributed by atoms with E-state index < -0.39 is 29.6 Å². The van der Waals surface area contributed by atoms with Gasteiger partial charge in [-0.15, -0.1) is 0 Å². The molecule has 3 aromatic rings. The summed E-state index contributed by atoms with van der Waals surface area (Å²) in [5.74, 6) is -1.70. The number of aromatic nitrogens is 3. The molecule has 0 aliphatic carbocycles. The summed E-state index contributed by atoms with van der Waals surface area (Å²) >= 11 is 0. The molecule has 0 fully saturated rings. The highest BCUT2D eigenvalue weighted by atomic mass is 19.4. The van der Waals surface area contributed by atoms with Crippen molar-refractivity contribution in [1.82, 2.24) is 20.4 Å². The molecule has 1 aliphatic heterocycles. The number of anilines is 2. The minimum atomic E-state index is -4.56. The second-order valence-electron chi connectivity index (χ2n) is 7.57. The Morgan fingerprint density at radius 2 is 1.94 bits per heavy atom. The second-order valence-corrected chi connectivity index (χ2v) is 7.57.